The highest BCUT2D eigenvalue weighted by atomic mass is 31.2. The van der Waals surface area contributed by atoms with Gasteiger partial charge in [0.2, 0.25) is 0 Å². The number of ether oxygens (including phenoxy) is 2. The fourth-order valence-corrected chi connectivity index (χ4v) is 6.86. The fourth-order valence-electron chi connectivity index (χ4n) is 6.07. The number of rotatable bonds is 41. The number of aliphatic hydroxyl groups is 2. The van der Waals surface area contributed by atoms with Crippen molar-refractivity contribution in [3.63, 3.8) is 0 Å². The molecule has 0 spiro atoms. The molecule has 314 valence electrons. The van der Waals surface area contributed by atoms with Crippen LogP contribution in [0.5, 0.6) is 0 Å². The van der Waals surface area contributed by atoms with E-state index in [0.717, 1.165) is 32.1 Å². The minimum atomic E-state index is -4.62. The summed E-state index contributed by atoms with van der Waals surface area (Å²) < 4.78 is 32.6. The van der Waals surface area contributed by atoms with E-state index >= 15 is 0 Å². The summed E-state index contributed by atoms with van der Waals surface area (Å²) in [5.74, 6) is -0.971. The maximum atomic E-state index is 12.6. The maximum absolute atomic E-state index is 12.6. The molecule has 0 saturated carbocycles. The smallest absolute Gasteiger partial charge is 0.462 e. The number of allylic oxidation sites excluding steroid dienone is 2. The van der Waals surface area contributed by atoms with Crippen molar-refractivity contribution >= 4 is 19.8 Å². The minimum absolute atomic E-state index is 0.105. The van der Waals surface area contributed by atoms with Crippen LogP contribution in [0, 0.1) is 0 Å². The van der Waals surface area contributed by atoms with Crippen molar-refractivity contribution in [3.8, 4) is 0 Å². The van der Waals surface area contributed by atoms with Gasteiger partial charge in [-0.1, -0.05) is 180 Å². The van der Waals surface area contributed by atoms with Crippen LogP contribution in [0.2, 0.25) is 0 Å². The van der Waals surface area contributed by atoms with E-state index in [-0.39, 0.29) is 19.4 Å². The van der Waals surface area contributed by atoms with Gasteiger partial charge in [0.05, 0.1) is 19.8 Å². The molecule has 3 atom stereocenters. The van der Waals surface area contributed by atoms with E-state index in [4.69, 9.17) is 19.1 Å². The van der Waals surface area contributed by atoms with Gasteiger partial charge >= 0.3 is 19.8 Å². The Morgan fingerprint density at radius 2 is 0.962 bits per heavy atom. The van der Waals surface area contributed by atoms with Crippen molar-refractivity contribution in [1.29, 1.82) is 0 Å². The third-order valence-corrected chi connectivity index (χ3v) is 10.4. The predicted molar refractivity (Wildman–Crippen MR) is 215 cm³/mol. The summed E-state index contributed by atoms with van der Waals surface area (Å²) in [5.41, 5.74) is 0. The zero-order valence-corrected chi connectivity index (χ0v) is 34.9. The van der Waals surface area contributed by atoms with E-state index in [9.17, 15) is 24.2 Å². The molecule has 0 radical (unpaired) electrons. The molecular formula is C42H81O10P. The Morgan fingerprint density at radius 3 is 1.43 bits per heavy atom. The molecule has 0 amide bonds. The molecule has 1 unspecified atom stereocenters. The standard InChI is InChI=1S/C42H81O10P/c1-3-5-7-9-11-13-15-17-19-21-23-25-27-29-31-33-41(45)49-37-40(38-51-53(47,48)50-36-39(44)35-43)52-42(46)34-32-30-28-26-24-22-20-18-16-14-12-10-8-6-4-2/h28,30,39-40,43-44H,3-27,29,31-38H2,1-2H3,(H,47,48)/b30-28+/t39-,40+/m0/s1. The first-order chi connectivity index (χ1) is 25.7. The van der Waals surface area contributed by atoms with Gasteiger partial charge in [0.1, 0.15) is 12.7 Å². The summed E-state index contributed by atoms with van der Waals surface area (Å²) >= 11 is 0. The number of carbonyl (C=O) groups is 2. The lowest BCUT2D eigenvalue weighted by Crippen LogP contribution is -2.29. The van der Waals surface area contributed by atoms with Gasteiger partial charge in [-0.15, -0.1) is 0 Å². The number of phosphoric ester groups is 1. The summed E-state index contributed by atoms with van der Waals surface area (Å²) in [6.07, 6.45) is 36.2. The van der Waals surface area contributed by atoms with Crippen LogP contribution in [0.1, 0.15) is 206 Å². The minimum Gasteiger partial charge on any atom is -0.462 e. The average molecular weight is 777 g/mol. The number of phosphoric acid groups is 1. The third kappa shape index (κ3) is 38.8. The summed E-state index contributed by atoms with van der Waals surface area (Å²) in [6, 6.07) is 0. The molecule has 0 bridgehead atoms. The van der Waals surface area contributed by atoms with E-state index in [1.807, 2.05) is 6.08 Å². The van der Waals surface area contributed by atoms with E-state index < -0.39 is 51.8 Å². The third-order valence-electron chi connectivity index (χ3n) is 9.43. The van der Waals surface area contributed by atoms with Crippen molar-refractivity contribution in [3.05, 3.63) is 12.2 Å². The Labute approximate surface area is 324 Å². The first kappa shape index (κ1) is 51.7. The van der Waals surface area contributed by atoms with Gasteiger partial charge in [-0.05, 0) is 25.7 Å². The molecule has 53 heavy (non-hydrogen) atoms. The zero-order chi connectivity index (χ0) is 39.1. The van der Waals surface area contributed by atoms with Gasteiger partial charge in [-0.25, -0.2) is 4.57 Å². The van der Waals surface area contributed by atoms with Crippen LogP contribution in [-0.4, -0.2) is 65.7 Å². The monoisotopic (exact) mass is 777 g/mol. The topological polar surface area (TPSA) is 149 Å². The van der Waals surface area contributed by atoms with E-state index in [1.165, 1.54) is 135 Å². The first-order valence-corrected chi connectivity index (χ1v) is 23.1. The Kier molecular flexibility index (Phi) is 38.0. The lowest BCUT2D eigenvalue weighted by molar-refractivity contribution is -0.161. The van der Waals surface area contributed by atoms with Crippen LogP contribution in [0.4, 0.5) is 0 Å². The summed E-state index contributed by atoms with van der Waals surface area (Å²) in [7, 11) is -4.62. The Hall–Kier alpha value is -1.29. The van der Waals surface area contributed by atoms with Crippen LogP contribution in [0.15, 0.2) is 12.2 Å². The highest BCUT2D eigenvalue weighted by Crippen LogP contribution is 2.43. The predicted octanol–water partition coefficient (Wildman–Crippen LogP) is 11.2. The van der Waals surface area contributed by atoms with Gasteiger partial charge in [0, 0.05) is 12.8 Å². The molecule has 10 nitrogen and oxygen atoms in total. The second kappa shape index (κ2) is 39.0. The van der Waals surface area contributed by atoms with Crippen molar-refractivity contribution in [2.45, 2.75) is 219 Å². The fraction of sp³-hybridized carbons (Fsp3) is 0.905. The summed E-state index contributed by atoms with van der Waals surface area (Å²) in [6.45, 7) is 2.36. The van der Waals surface area contributed by atoms with Crippen LogP contribution in [0.25, 0.3) is 0 Å². The van der Waals surface area contributed by atoms with Crippen molar-refractivity contribution in [1.82, 2.24) is 0 Å². The quantitative estimate of drug-likeness (QED) is 0.0237. The number of hydrogen-bond donors (Lipinski definition) is 3. The van der Waals surface area contributed by atoms with E-state index in [1.54, 1.807) is 0 Å². The largest absolute Gasteiger partial charge is 0.472 e. The molecule has 0 aliphatic heterocycles. The SMILES string of the molecule is CCCCCCCCCCCCC/C=C/CCC(=O)O[C@H](COC(=O)CCCCCCCCCCCCCCCCC)COP(=O)(O)OC[C@@H](O)CO. The molecule has 11 heteroatoms. The number of hydrogen-bond acceptors (Lipinski definition) is 9. The van der Waals surface area contributed by atoms with Crippen molar-refractivity contribution in [2.24, 2.45) is 0 Å². The average Bonchev–Trinajstić information content (AvgIpc) is 3.14. The Morgan fingerprint density at radius 1 is 0.547 bits per heavy atom. The summed E-state index contributed by atoms with van der Waals surface area (Å²) in [4.78, 5) is 34.9. The van der Waals surface area contributed by atoms with Gasteiger partial charge < -0.3 is 24.6 Å². The molecule has 3 N–H and O–H groups in total. The molecule has 0 aromatic heterocycles. The molecule has 0 rings (SSSR count). The number of carbonyl (C=O) groups excluding carboxylic acids is 2. The highest BCUT2D eigenvalue weighted by molar-refractivity contribution is 7.47. The van der Waals surface area contributed by atoms with Gasteiger partial charge in [0.25, 0.3) is 0 Å². The number of aliphatic hydroxyl groups excluding tert-OH is 2. The molecule has 0 aromatic carbocycles. The van der Waals surface area contributed by atoms with Crippen LogP contribution < -0.4 is 0 Å². The van der Waals surface area contributed by atoms with Crippen molar-refractivity contribution in [2.75, 3.05) is 26.4 Å². The molecule has 0 saturated heterocycles. The van der Waals surface area contributed by atoms with Crippen LogP contribution in [-0.2, 0) is 32.7 Å². The second-order valence-corrected chi connectivity index (χ2v) is 16.2. The van der Waals surface area contributed by atoms with E-state index in [0.29, 0.717) is 12.8 Å². The van der Waals surface area contributed by atoms with E-state index in [2.05, 4.69) is 24.4 Å². The molecule has 0 aromatic rings. The second-order valence-electron chi connectivity index (χ2n) is 14.7. The molecule has 0 heterocycles. The highest BCUT2D eigenvalue weighted by Gasteiger charge is 2.27. The number of esters is 2. The zero-order valence-electron chi connectivity index (χ0n) is 34.0. The maximum Gasteiger partial charge on any atom is 0.472 e. The molecule has 0 fully saturated rings. The van der Waals surface area contributed by atoms with Crippen LogP contribution >= 0.6 is 7.82 Å². The lowest BCUT2D eigenvalue weighted by Gasteiger charge is -2.20. The van der Waals surface area contributed by atoms with Gasteiger partial charge in [0.15, 0.2) is 6.10 Å². The molecule has 0 aliphatic rings. The Bertz CT molecular complexity index is 899. The molecular weight excluding hydrogens is 695 g/mol. The Balaban J connectivity index is 4.31. The van der Waals surface area contributed by atoms with Gasteiger partial charge in [-0.3, -0.25) is 18.6 Å². The van der Waals surface area contributed by atoms with Crippen LogP contribution in [0.3, 0.4) is 0 Å². The first-order valence-electron chi connectivity index (χ1n) is 21.6. The number of unbranched alkanes of at least 4 members (excludes halogenated alkanes) is 25. The van der Waals surface area contributed by atoms with Crippen molar-refractivity contribution < 1.29 is 47.8 Å². The van der Waals surface area contributed by atoms with Gasteiger partial charge in [-0.2, -0.15) is 0 Å². The lowest BCUT2D eigenvalue weighted by atomic mass is 10.0. The summed E-state index contributed by atoms with van der Waals surface area (Å²) in [5, 5.41) is 18.3. The normalized spacial score (nSPS) is 14.0. The molecule has 0 aliphatic carbocycles.